The van der Waals surface area contributed by atoms with E-state index in [0.717, 1.165) is 15.8 Å². The van der Waals surface area contributed by atoms with Crippen LogP contribution in [0.2, 0.25) is 0 Å². The van der Waals surface area contributed by atoms with Gasteiger partial charge in [-0.3, -0.25) is 4.79 Å². The van der Waals surface area contributed by atoms with Gasteiger partial charge in [0.25, 0.3) is 5.91 Å². The third-order valence-corrected chi connectivity index (χ3v) is 3.73. The zero-order chi connectivity index (χ0) is 17.5. The molecule has 0 saturated carbocycles. The van der Waals surface area contributed by atoms with E-state index in [1.54, 1.807) is 12.1 Å². The zero-order valence-corrected chi connectivity index (χ0v) is 15.7. The first-order valence-corrected chi connectivity index (χ1v) is 8.75. The van der Waals surface area contributed by atoms with Crippen LogP contribution in [0.3, 0.4) is 0 Å². The number of carbonyl (C=O) groups is 1. The summed E-state index contributed by atoms with van der Waals surface area (Å²) < 4.78 is 12.0. The Kier molecular flexibility index (Phi) is 6.67. The standard InChI is InChI=1S/C19H22BrNO3/c1-4-23-18-10-7-15(20)11-17(18)19(22)21-12-14-5-8-16(9-6-14)24-13(2)3/h5-11,13H,4,12H2,1-3H3,(H,21,22). The Morgan fingerprint density at radius 3 is 2.50 bits per heavy atom. The molecule has 0 saturated heterocycles. The van der Waals surface area contributed by atoms with Gasteiger partial charge in [0.2, 0.25) is 0 Å². The molecule has 1 amide bonds. The highest BCUT2D eigenvalue weighted by molar-refractivity contribution is 9.10. The first-order valence-electron chi connectivity index (χ1n) is 7.95. The molecule has 0 radical (unpaired) electrons. The molecule has 0 fully saturated rings. The summed E-state index contributed by atoms with van der Waals surface area (Å²) in [5.74, 6) is 1.24. The quantitative estimate of drug-likeness (QED) is 0.751. The summed E-state index contributed by atoms with van der Waals surface area (Å²) in [6.07, 6.45) is 0.143. The highest BCUT2D eigenvalue weighted by Gasteiger charge is 2.13. The van der Waals surface area contributed by atoms with Crippen molar-refractivity contribution in [3.05, 3.63) is 58.1 Å². The molecule has 2 aromatic rings. The molecule has 0 aliphatic heterocycles. The zero-order valence-electron chi connectivity index (χ0n) is 14.1. The summed E-state index contributed by atoms with van der Waals surface area (Å²) in [4.78, 5) is 12.4. The van der Waals surface area contributed by atoms with Crippen LogP contribution in [-0.2, 0) is 6.54 Å². The molecule has 0 atom stereocenters. The van der Waals surface area contributed by atoms with Gasteiger partial charge in [0, 0.05) is 11.0 Å². The van der Waals surface area contributed by atoms with Crippen LogP contribution in [0.1, 0.15) is 36.7 Å². The fraction of sp³-hybridized carbons (Fsp3) is 0.316. The molecule has 4 nitrogen and oxygen atoms in total. The van der Waals surface area contributed by atoms with Crippen molar-refractivity contribution >= 4 is 21.8 Å². The molecular formula is C19H22BrNO3. The Bertz CT molecular complexity index is 684. The van der Waals surface area contributed by atoms with Crippen molar-refractivity contribution < 1.29 is 14.3 Å². The summed E-state index contributed by atoms with van der Waals surface area (Å²) >= 11 is 3.39. The summed E-state index contributed by atoms with van der Waals surface area (Å²) in [7, 11) is 0. The van der Waals surface area contributed by atoms with Crippen LogP contribution in [-0.4, -0.2) is 18.6 Å². The van der Waals surface area contributed by atoms with Gasteiger partial charge in [0.15, 0.2) is 0 Å². The van der Waals surface area contributed by atoms with E-state index in [4.69, 9.17) is 9.47 Å². The predicted molar refractivity (Wildman–Crippen MR) is 98.7 cm³/mol. The van der Waals surface area contributed by atoms with E-state index in [2.05, 4.69) is 21.2 Å². The molecule has 2 rings (SSSR count). The largest absolute Gasteiger partial charge is 0.493 e. The van der Waals surface area contributed by atoms with E-state index >= 15 is 0 Å². The third kappa shape index (κ3) is 5.27. The van der Waals surface area contributed by atoms with Gasteiger partial charge in [-0.2, -0.15) is 0 Å². The second-order valence-corrected chi connectivity index (χ2v) is 6.48. The summed E-state index contributed by atoms with van der Waals surface area (Å²) in [5.41, 5.74) is 1.53. The summed E-state index contributed by atoms with van der Waals surface area (Å²) in [6, 6.07) is 13.1. The molecule has 0 heterocycles. The van der Waals surface area contributed by atoms with E-state index in [-0.39, 0.29) is 12.0 Å². The van der Waals surface area contributed by atoms with Crippen molar-refractivity contribution in [1.29, 1.82) is 0 Å². The Labute approximate surface area is 151 Å². The van der Waals surface area contributed by atoms with Crippen molar-refractivity contribution in [2.24, 2.45) is 0 Å². The molecule has 2 aromatic carbocycles. The van der Waals surface area contributed by atoms with Crippen LogP contribution in [0.4, 0.5) is 0 Å². The lowest BCUT2D eigenvalue weighted by atomic mass is 10.1. The maximum atomic E-state index is 12.4. The lowest BCUT2D eigenvalue weighted by Gasteiger charge is -2.12. The number of halogens is 1. The van der Waals surface area contributed by atoms with E-state index in [1.165, 1.54) is 0 Å². The van der Waals surface area contributed by atoms with Crippen LogP contribution in [0.15, 0.2) is 46.9 Å². The molecule has 0 unspecified atom stereocenters. The molecular weight excluding hydrogens is 370 g/mol. The van der Waals surface area contributed by atoms with Crippen molar-refractivity contribution in [3.8, 4) is 11.5 Å². The minimum absolute atomic E-state index is 0.143. The van der Waals surface area contributed by atoms with Gasteiger partial charge in [-0.05, 0) is 56.7 Å². The SMILES string of the molecule is CCOc1ccc(Br)cc1C(=O)NCc1ccc(OC(C)C)cc1. The van der Waals surface area contributed by atoms with Gasteiger partial charge in [0.1, 0.15) is 11.5 Å². The molecule has 128 valence electrons. The minimum Gasteiger partial charge on any atom is -0.493 e. The second kappa shape index (κ2) is 8.73. The van der Waals surface area contributed by atoms with Crippen molar-refractivity contribution in [2.45, 2.75) is 33.4 Å². The second-order valence-electron chi connectivity index (χ2n) is 5.57. The highest BCUT2D eigenvalue weighted by atomic mass is 79.9. The molecule has 0 aliphatic carbocycles. The Morgan fingerprint density at radius 1 is 1.17 bits per heavy atom. The van der Waals surface area contributed by atoms with Gasteiger partial charge in [0.05, 0.1) is 18.3 Å². The lowest BCUT2D eigenvalue weighted by Crippen LogP contribution is -2.23. The topological polar surface area (TPSA) is 47.6 Å². The van der Waals surface area contributed by atoms with Gasteiger partial charge in [-0.15, -0.1) is 0 Å². The number of benzene rings is 2. The first kappa shape index (κ1) is 18.3. The number of rotatable bonds is 7. The molecule has 0 spiro atoms. The fourth-order valence-electron chi connectivity index (χ4n) is 2.20. The van der Waals surface area contributed by atoms with Gasteiger partial charge >= 0.3 is 0 Å². The van der Waals surface area contributed by atoms with Crippen LogP contribution >= 0.6 is 15.9 Å². The minimum atomic E-state index is -0.165. The molecule has 0 bridgehead atoms. The van der Waals surface area contributed by atoms with Gasteiger partial charge < -0.3 is 14.8 Å². The normalized spacial score (nSPS) is 10.5. The maximum absolute atomic E-state index is 12.4. The van der Waals surface area contributed by atoms with Crippen molar-refractivity contribution in [3.63, 3.8) is 0 Å². The Hall–Kier alpha value is -2.01. The van der Waals surface area contributed by atoms with Gasteiger partial charge in [-0.1, -0.05) is 28.1 Å². The number of hydrogen-bond acceptors (Lipinski definition) is 3. The van der Waals surface area contributed by atoms with E-state index in [1.807, 2.05) is 51.1 Å². The third-order valence-electron chi connectivity index (χ3n) is 3.23. The Morgan fingerprint density at radius 2 is 1.88 bits per heavy atom. The molecule has 5 heteroatoms. The molecule has 0 aromatic heterocycles. The lowest BCUT2D eigenvalue weighted by molar-refractivity contribution is 0.0947. The van der Waals surface area contributed by atoms with E-state index in [0.29, 0.717) is 24.5 Å². The Balaban J connectivity index is 2.01. The number of hydrogen-bond donors (Lipinski definition) is 1. The molecule has 24 heavy (non-hydrogen) atoms. The van der Waals surface area contributed by atoms with E-state index in [9.17, 15) is 4.79 Å². The molecule has 0 aliphatic rings. The number of amides is 1. The van der Waals surface area contributed by atoms with Crippen molar-refractivity contribution in [2.75, 3.05) is 6.61 Å². The monoisotopic (exact) mass is 391 g/mol. The number of ether oxygens (including phenoxy) is 2. The first-order chi connectivity index (χ1) is 11.5. The average molecular weight is 392 g/mol. The number of nitrogens with one attached hydrogen (secondary N) is 1. The molecule has 1 N–H and O–H groups in total. The highest BCUT2D eigenvalue weighted by Crippen LogP contribution is 2.23. The van der Waals surface area contributed by atoms with Crippen LogP contribution < -0.4 is 14.8 Å². The number of carbonyl (C=O) groups excluding carboxylic acids is 1. The van der Waals surface area contributed by atoms with Crippen LogP contribution in [0.5, 0.6) is 11.5 Å². The summed E-state index contributed by atoms with van der Waals surface area (Å²) in [6.45, 7) is 6.83. The maximum Gasteiger partial charge on any atom is 0.255 e. The van der Waals surface area contributed by atoms with Crippen molar-refractivity contribution in [1.82, 2.24) is 5.32 Å². The van der Waals surface area contributed by atoms with Crippen LogP contribution in [0, 0.1) is 0 Å². The van der Waals surface area contributed by atoms with Gasteiger partial charge in [-0.25, -0.2) is 0 Å². The smallest absolute Gasteiger partial charge is 0.255 e. The van der Waals surface area contributed by atoms with E-state index < -0.39 is 0 Å². The summed E-state index contributed by atoms with van der Waals surface area (Å²) in [5, 5.41) is 2.92. The predicted octanol–water partition coefficient (Wildman–Crippen LogP) is 4.57. The van der Waals surface area contributed by atoms with Crippen LogP contribution in [0.25, 0.3) is 0 Å². The average Bonchev–Trinajstić information content (AvgIpc) is 2.55. The fourth-order valence-corrected chi connectivity index (χ4v) is 2.56.